The number of carbonyl (C=O) groups is 2. The van der Waals surface area contributed by atoms with Crippen molar-refractivity contribution in [2.45, 2.75) is 6.54 Å². The highest BCUT2D eigenvalue weighted by Gasteiger charge is 2.11. The van der Waals surface area contributed by atoms with Crippen LogP contribution >= 0.6 is 22.6 Å². The average molecular weight is 454 g/mol. The lowest BCUT2D eigenvalue weighted by atomic mass is 10.2. The Labute approximate surface area is 160 Å². The van der Waals surface area contributed by atoms with Crippen molar-refractivity contribution in [2.75, 3.05) is 20.8 Å². The van der Waals surface area contributed by atoms with Crippen molar-refractivity contribution in [3.8, 4) is 11.5 Å². The van der Waals surface area contributed by atoms with E-state index >= 15 is 0 Å². The van der Waals surface area contributed by atoms with Crippen LogP contribution in [0, 0.1) is 3.57 Å². The van der Waals surface area contributed by atoms with Crippen LogP contribution in [0.1, 0.15) is 15.9 Å². The molecule has 2 aromatic rings. The van der Waals surface area contributed by atoms with Crippen LogP contribution < -0.4 is 20.1 Å². The second-order valence-electron chi connectivity index (χ2n) is 5.13. The third-order valence-corrected chi connectivity index (χ3v) is 4.41. The highest BCUT2D eigenvalue weighted by molar-refractivity contribution is 14.1. The molecule has 2 rings (SSSR count). The lowest BCUT2D eigenvalue weighted by Gasteiger charge is -2.11. The van der Waals surface area contributed by atoms with Crippen molar-refractivity contribution >= 4 is 34.4 Å². The van der Waals surface area contributed by atoms with Gasteiger partial charge in [-0.15, -0.1) is 0 Å². The minimum absolute atomic E-state index is 0.0862. The summed E-state index contributed by atoms with van der Waals surface area (Å²) in [6.45, 7) is 0.245. The largest absolute Gasteiger partial charge is 0.493 e. The molecule has 0 bridgehead atoms. The number of carbonyl (C=O) groups excluding carboxylic acids is 2. The van der Waals surface area contributed by atoms with E-state index in [2.05, 4.69) is 33.2 Å². The number of nitrogens with one attached hydrogen (secondary N) is 2. The molecule has 0 saturated carbocycles. The van der Waals surface area contributed by atoms with Crippen LogP contribution in [0.3, 0.4) is 0 Å². The highest BCUT2D eigenvalue weighted by atomic mass is 127. The van der Waals surface area contributed by atoms with Crippen molar-refractivity contribution in [3.63, 3.8) is 0 Å². The molecule has 132 valence electrons. The van der Waals surface area contributed by atoms with Crippen LogP contribution in [-0.4, -0.2) is 32.6 Å². The zero-order valence-electron chi connectivity index (χ0n) is 14.0. The fourth-order valence-electron chi connectivity index (χ4n) is 2.15. The summed E-state index contributed by atoms with van der Waals surface area (Å²) in [7, 11) is 3.12. The van der Waals surface area contributed by atoms with Crippen molar-refractivity contribution in [3.05, 3.63) is 57.2 Å². The van der Waals surface area contributed by atoms with E-state index in [1.165, 1.54) is 0 Å². The summed E-state index contributed by atoms with van der Waals surface area (Å²) in [5.41, 5.74) is 1.42. The van der Waals surface area contributed by atoms with Gasteiger partial charge in [-0.25, -0.2) is 0 Å². The molecule has 2 amide bonds. The van der Waals surface area contributed by atoms with Crippen LogP contribution in [0.4, 0.5) is 0 Å². The predicted molar refractivity (Wildman–Crippen MR) is 103 cm³/mol. The summed E-state index contributed by atoms with van der Waals surface area (Å²) >= 11 is 2.09. The SMILES string of the molecule is COc1ccc(CNC(=O)CNC(=O)c2ccccc2I)cc1OC. The van der Waals surface area contributed by atoms with E-state index in [1.807, 2.05) is 18.2 Å². The van der Waals surface area contributed by atoms with E-state index in [-0.39, 0.29) is 18.4 Å². The Balaban J connectivity index is 1.85. The van der Waals surface area contributed by atoms with Crippen LogP contribution in [0.15, 0.2) is 42.5 Å². The van der Waals surface area contributed by atoms with E-state index in [9.17, 15) is 9.59 Å². The Morgan fingerprint density at radius 1 is 1.00 bits per heavy atom. The number of benzene rings is 2. The standard InChI is InChI=1S/C18H19IN2O4/c1-24-15-8-7-12(9-16(15)25-2)10-20-17(22)11-21-18(23)13-5-3-4-6-14(13)19/h3-9H,10-11H2,1-2H3,(H,20,22)(H,21,23). The third kappa shape index (κ3) is 5.35. The molecule has 0 unspecified atom stereocenters. The quantitative estimate of drug-likeness (QED) is 0.630. The molecule has 0 heterocycles. The average Bonchev–Trinajstić information content (AvgIpc) is 2.64. The van der Waals surface area contributed by atoms with Crippen LogP contribution in [0.25, 0.3) is 0 Å². The number of hydrogen-bond acceptors (Lipinski definition) is 4. The summed E-state index contributed by atoms with van der Waals surface area (Å²) in [6.07, 6.45) is 0. The normalized spacial score (nSPS) is 10.0. The van der Waals surface area contributed by atoms with E-state index < -0.39 is 0 Å². The zero-order valence-corrected chi connectivity index (χ0v) is 16.1. The first kappa shape index (κ1) is 19.0. The van der Waals surface area contributed by atoms with E-state index in [0.717, 1.165) is 9.13 Å². The maximum absolute atomic E-state index is 12.1. The lowest BCUT2D eigenvalue weighted by Crippen LogP contribution is -2.36. The van der Waals surface area contributed by atoms with E-state index in [1.54, 1.807) is 38.5 Å². The summed E-state index contributed by atoms with van der Waals surface area (Å²) in [5, 5.41) is 5.37. The lowest BCUT2D eigenvalue weighted by molar-refractivity contribution is -0.120. The molecule has 0 aliphatic heterocycles. The molecule has 0 saturated heterocycles. The Bertz CT molecular complexity index is 764. The second-order valence-corrected chi connectivity index (χ2v) is 6.29. The van der Waals surface area contributed by atoms with Gasteiger partial charge in [0.15, 0.2) is 11.5 Å². The molecular weight excluding hydrogens is 435 g/mol. The summed E-state index contributed by atoms with van der Waals surface area (Å²) in [5.74, 6) is 0.684. The fourth-order valence-corrected chi connectivity index (χ4v) is 2.79. The first-order chi connectivity index (χ1) is 12.0. The van der Waals surface area contributed by atoms with Gasteiger partial charge in [0.05, 0.1) is 26.3 Å². The zero-order chi connectivity index (χ0) is 18.2. The summed E-state index contributed by atoms with van der Waals surface area (Å²) in [4.78, 5) is 24.0. The molecule has 0 radical (unpaired) electrons. The molecule has 7 heteroatoms. The first-order valence-corrected chi connectivity index (χ1v) is 8.63. The number of amides is 2. The fraction of sp³-hybridized carbons (Fsp3) is 0.222. The predicted octanol–water partition coefficient (Wildman–Crippen LogP) is 2.35. The molecule has 0 aliphatic rings. The number of ether oxygens (including phenoxy) is 2. The van der Waals surface area contributed by atoms with E-state index in [0.29, 0.717) is 23.6 Å². The monoisotopic (exact) mass is 454 g/mol. The molecule has 0 atom stereocenters. The Kier molecular flexibility index (Phi) is 7.05. The van der Waals surface area contributed by atoms with Gasteiger partial charge in [0.1, 0.15) is 0 Å². The number of halogens is 1. The van der Waals surface area contributed by atoms with Gasteiger partial charge in [0.25, 0.3) is 5.91 Å². The molecule has 25 heavy (non-hydrogen) atoms. The molecule has 0 spiro atoms. The molecule has 0 aromatic heterocycles. The molecule has 2 aromatic carbocycles. The highest BCUT2D eigenvalue weighted by Crippen LogP contribution is 2.27. The minimum Gasteiger partial charge on any atom is -0.493 e. The van der Waals surface area contributed by atoms with Crippen molar-refractivity contribution in [2.24, 2.45) is 0 Å². The van der Waals surface area contributed by atoms with E-state index in [4.69, 9.17) is 9.47 Å². The van der Waals surface area contributed by atoms with Gasteiger partial charge in [-0.3, -0.25) is 9.59 Å². The molecular formula is C18H19IN2O4. The molecule has 2 N–H and O–H groups in total. The van der Waals surface area contributed by atoms with Crippen LogP contribution in [0.2, 0.25) is 0 Å². The van der Waals surface area contributed by atoms with Crippen LogP contribution in [-0.2, 0) is 11.3 Å². The van der Waals surface area contributed by atoms with Gasteiger partial charge in [-0.2, -0.15) is 0 Å². The molecule has 0 aliphatic carbocycles. The van der Waals surface area contributed by atoms with Crippen molar-refractivity contribution in [1.29, 1.82) is 0 Å². The number of methoxy groups -OCH3 is 2. The summed E-state index contributed by atoms with van der Waals surface area (Å²) in [6, 6.07) is 12.6. The maximum Gasteiger partial charge on any atom is 0.252 e. The topological polar surface area (TPSA) is 76.7 Å². The minimum atomic E-state index is -0.272. The Hall–Kier alpha value is -2.29. The van der Waals surface area contributed by atoms with Crippen LogP contribution in [0.5, 0.6) is 11.5 Å². The summed E-state index contributed by atoms with van der Waals surface area (Å²) < 4.78 is 11.2. The van der Waals surface area contributed by atoms with Crippen molar-refractivity contribution < 1.29 is 19.1 Å². The van der Waals surface area contributed by atoms with Gasteiger partial charge in [0.2, 0.25) is 5.91 Å². The van der Waals surface area contributed by atoms with Gasteiger partial charge in [0, 0.05) is 10.1 Å². The second kappa shape index (κ2) is 9.26. The Morgan fingerprint density at radius 2 is 1.72 bits per heavy atom. The third-order valence-electron chi connectivity index (χ3n) is 3.47. The Morgan fingerprint density at radius 3 is 2.40 bits per heavy atom. The van der Waals surface area contributed by atoms with Crippen molar-refractivity contribution in [1.82, 2.24) is 10.6 Å². The number of hydrogen-bond donors (Lipinski definition) is 2. The number of rotatable bonds is 7. The van der Waals surface area contributed by atoms with Gasteiger partial charge in [-0.05, 0) is 52.4 Å². The van der Waals surface area contributed by atoms with Gasteiger partial charge < -0.3 is 20.1 Å². The van der Waals surface area contributed by atoms with Gasteiger partial charge >= 0.3 is 0 Å². The smallest absolute Gasteiger partial charge is 0.252 e. The van der Waals surface area contributed by atoms with Gasteiger partial charge in [-0.1, -0.05) is 18.2 Å². The molecule has 6 nitrogen and oxygen atoms in total. The molecule has 0 fully saturated rings. The maximum atomic E-state index is 12.1. The first-order valence-electron chi connectivity index (χ1n) is 7.55.